The zero-order valence-electron chi connectivity index (χ0n) is 17.7. The summed E-state index contributed by atoms with van der Waals surface area (Å²) >= 11 is 0. The van der Waals surface area contributed by atoms with Crippen molar-refractivity contribution in [1.29, 1.82) is 0 Å². The van der Waals surface area contributed by atoms with Crippen molar-refractivity contribution < 1.29 is 18.7 Å². The van der Waals surface area contributed by atoms with Crippen molar-refractivity contribution in [2.24, 2.45) is 5.92 Å². The molecule has 1 aromatic heterocycles. The van der Waals surface area contributed by atoms with Crippen LogP contribution in [0.1, 0.15) is 30.9 Å². The molecule has 0 unspecified atom stereocenters. The summed E-state index contributed by atoms with van der Waals surface area (Å²) in [6, 6.07) is 14.5. The van der Waals surface area contributed by atoms with Gasteiger partial charge in [-0.2, -0.15) is 0 Å². The highest BCUT2D eigenvalue weighted by molar-refractivity contribution is 5.89. The van der Waals surface area contributed by atoms with Gasteiger partial charge in [-0.3, -0.25) is 9.59 Å². The first-order valence-electron chi connectivity index (χ1n) is 10.8. The lowest BCUT2D eigenvalue weighted by molar-refractivity contribution is -0.151. The molecule has 1 amide bonds. The Balaban J connectivity index is 1.47. The number of esters is 1. The van der Waals surface area contributed by atoms with Crippen LogP contribution >= 0.6 is 0 Å². The number of fused-ring (bicyclic) bond motifs is 1. The predicted molar refractivity (Wildman–Crippen MR) is 117 cm³/mol. The lowest BCUT2D eigenvalue weighted by Crippen LogP contribution is -2.41. The largest absolute Gasteiger partial charge is 0.466 e. The summed E-state index contributed by atoms with van der Waals surface area (Å²) in [7, 11) is 0. The maximum absolute atomic E-state index is 13.2. The van der Waals surface area contributed by atoms with Gasteiger partial charge in [0, 0.05) is 36.7 Å². The number of likely N-dealkylation sites (tertiary alicyclic amines) is 1. The first-order chi connectivity index (χ1) is 15.0. The minimum Gasteiger partial charge on any atom is -0.466 e. The van der Waals surface area contributed by atoms with Crippen LogP contribution in [0.5, 0.6) is 0 Å². The first-order valence-corrected chi connectivity index (χ1v) is 10.8. The summed E-state index contributed by atoms with van der Waals surface area (Å²) in [5.74, 6) is -0.439. The van der Waals surface area contributed by atoms with Gasteiger partial charge in [0.2, 0.25) is 5.91 Å². The summed E-state index contributed by atoms with van der Waals surface area (Å²) < 4.78 is 20.5. The van der Waals surface area contributed by atoms with Crippen LogP contribution in [0.15, 0.2) is 54.7 Å². The summed E-state index contributed by atoms with van der Waals surface area (Å²) in [5.41, 5.74) is 3.03. The van der Waals surface area contributed by atoms with Crippen molar-refractivity contribution in [3.8, 4) is 0 Å². The van der Waals surface area contributed by atoms with E-state index in [1.165, 1.54) is 12.1 Å². The Morgan fingerprint density at radius 1 is 1.06 bits per heavy atom. The quantitative estimate of drug-likeness (QED) is 0.560. The summed E-state index contributed by atoms with van der Waals surface area (Å²) in [4.78, 5) is 26.8. The number of amides is 1. The van der Waals surface area contributed by atoms with E-state index in [1.807, 2.05) is 42.3 Å². The maximum atomic E-state index is 13.2. The van der Waals surface area contributed by atoms with Crippen LogP contribution in [0.4, 0.5) is 4.39 Å². The van der Waals surface area contributed by atoms with Crippen LogP contribution in [0, 0.1) is 11.7 Å². The predicted octanol–water partition coefficient (Wildman–Crippen LogP) is 4.17. The lowest BCUT2D eigenvalue weighted by Gasteiger charge is -2.31. The monoisotopic (exact) mass is 422 g/mol. The minimum absolute atomic E-state index is 0.0759. The van der Waals surface area contributed by atoms with Gasteiger partial charge < -0.3 is 14.2 Å². The summed E-state index contributed by atoms with van der Waals surface area (Å²) in [5, 5.41) is 1.05. The molecule has 0 saturated carbocycles. The fourth-order valence-corrected chi connectivity index (χ4v) is 4.28. The van der Waals surface area contributed by atoms with Crippen molar-refractivity contribution in [3.63, 3.8) is 0 Å². The van der Waals surface area contributed by atoms with E-state index in [2.05, 4.69) is 4.57 Å². The Morgan fingerprint density at radius 3 is 2.48 bits per heavy atom. The van der Waals surface area contributed by atoms with Crippen molar-refractivity contribution in [3.05, 3.63) is 71.7 Å². The molecule has 1 aliphatic heterocycles. The number of halogens is 1. The van der Waals surface area contributed by atoms with E-state index >= 15 is 0 Å². The molecule has 31 heavy (non-hydrogen) atoms. The van der Waals surface area contributed by atoms with Crippen LogP contribution in [0.25, 0.3) is 10.9 Å². The molecule has 1 fully saturated rings. The van der Waals surface area contributed by atoms with Gasteiger partial charge in [0.15, 0.2) is 0 Å². The van der Waals surface area contributed by atoms with E-state index in [-0.39, 0.29) is 23.6 Å². The lowest BCUT2D eigenvalue weighted by atomic mass is 9.96. The van der Waals surface area contributed by atoms with Crippen molar-refractivity contribution in [2.45, 2.75) is 32.7 Å². The van der Waals surface area contributed by atoms with Gasteiger partial charge in [-0.25, -0.2) is 4.39 Å². The number of para-hydroxylation sites is 1. The number of carbonyl (C=O) groups is 2. The van der Waals surface area contributed by atoms with Crippen LogP contribution in [0.2, 0.25) is 0 Å². The van der Waals surface area contributed by atoms with Gasteiger partial charge in [-0.05, 0) is 49.1 Å². The molecule has 1 saturated heterocycles. The van der Waals surface area contributed by atoms with Gasteiger partial charge >= 0.3 is 5.97 Å². The molecule has 0 N–H and O–H groups in total. The molecule has 6 heteroatoms. The zero-order valence-corrected chi connectivity index (χ0v) is 17.7. The molecule has 0 bridgehead atoms. The number of rotatable bonds is 6. The van der Waals surface area contributed by atoms with E-state index in [1.54, 1.807) is 12.1 Å². The number of aromatic nitrogens is 1. The number of piperidine rings is 1. The van der Waals surface area contributed by atoms with Gasteiger partial charge in [-0.1, -0.05) is 30.3 Å². The fourth-order valence-electron chi connectivity index (χ4n) is 4.28. The molecule has 162 valence electrons. The van der Waals surface area contributed by atoms with Gasteiger partial charge in [0.25, 0.3) is 0 Å². The molecule has 0 atom stereocenters. The van der Waals surface area contributed by atoms with Crippen molar-refractivity contribution in [1.82, 2.24) is 9.47 Å². The highest BCUT2D eigenvalue weighted by atomic mass is 19.1. The number of hydrogen-bond donors (Lipinski definition) is 0. The molecule has 2 heterocycles. The second kappa shape index (κ2) is 9.33. The normalized spacial score (nSPS) is 14.7. The molecule has 4 rings (SSSR count). The van der Waals surface area contributed by atoms with Crippen LogP contribution < -0.4 is 0 Å². The molecule has 2 aromatic carbocycles. The van der Waals surface area contributed by atoms with Crippen molar-refractivity contribution >= 4 is 22.8 Å². The molecule has 3 aromatic rings. The van der Waals surface area contributed by atoms with E-state index < -0.39 is 0 Å². The Kier molecular flexibility index (Phi) is 6.35. The minimum atomic E-state index is -0.251. The number of nitrogens with zero attached hydrogens (tertiary/aromatic N) is 2. The van der Waals surface area contributed by atoms with Crippen LogP contribution in [0.3, 0.4) is 0 Å². The molecule has 5 nitrogen and oxygen atoms in total. The number of benzene rings is 2. The summed E-state index contributed by atoms with van der Waals surface area (Å²) in [6.07, 6.45) is 3.64. The van der Waals surface area contributed by atoms with E-state index in [0.717, 1.165) is 22.0 Å². The molecular formula is C25H27FN2O3. The Hall–Kier alpha value is -3.15. The topological polar surface area (TPSA) is 51.5 Å². The van der Waals surface area contributed by atoms with Gasteiger partial charge in [-0.15, -0.1) is 0 Å². The second-order valence-electron chi connectivity index (χ2n) is 8.01. The van der Waals surface area contributed by atoms with Crippen molar-refractivity contribution in [2.75, 3.05) is 19.7 Å². The Labute approximate surface area is 181 Å². The highest BCUT2D eigenvalue weighted by Gasteiger charge is 2.28. The zero-order chi connectivity index (χ0) is 21.8. The first kappa shape index (κ1) is 21.1. The molecule has 0 aliphatic carbocycles. The van der Waals surface area contributed by atoms with Gasteiger partial charge in [0.1, 0.15) is 5.82 Å². The third kappa shape index (κ3) is 4.79. The third-order valence-corrected chi connectivity index (χ3v) is 5.95. The SMILES string of the molecule is CCOC(=O)C1CCN(C(=O)Cc2cn(Cc3ccc(F)cc3)c3ccccc23)CC1. The number of carbonyl (C=O) groups excluding carboxylic acids is 2. The Morgan fingerprint density at radius 2 is 1.77 bits per heavy atom. The molecular weight excluding hydrogens is 395 g/mol. The van der Waals surface area contributed by atoms with Crippen LogP contribution in [-0.2, 0) is 27.3 Å². The smallest absolute Gasteiger partial charge is 0.309 e. The maximum Gasteiger partial charge on any atom is 0.309 e. The molecule has 1 aliphatic rings. The number of ether oxygens (including phenoxy) is 1. The average molecular weight is 423 g/mol. The average Bonchev–Trinajstić information content (AvgIpc) is 3.13. The fraction of sp³-hybridized carbons (Fsp3) is 0.360. The Bertz CT molecular complexity index is 1070. The standard InChI is InChI=1S/C25H27FN2O3/c1-2-31-25(30)19-11-13-27(14-12-19)24(29)15-20-17-28(23-6-4-3-5-22(20)23)16-18-7-9-21(26)10-8-18/h3-10,17,19H,2,11-16H2,1H3. The second-order valence-corrected chi connectivity index (χ2v) is 8.01. The number of hydrogen-bond acceptors (Lipinski definition) is 3. The highest BCUT2D eigenvalue weighted by Crippen LogP contribution is 2.25. The third-order valence-electron chi connectivity index (χ3n) is 5.95. The van der Waals surface area contributed by atoms with Gasteiger partial charge in [0.05, 0.1) is 18.9 Å². The molecule has 0 spiro atoms. The van der Waals surface area contributed by atoms with E-state index in [9.17, 15) is 14.0 Å². The molecule has 0 radical (unpaired) electrons. The van der Waals surface area contributed by atoms with E-state index in [0.29, 0.717) is 45.5 Å². The van der Waals surface area contributed by atoms with Crippen LogP contribution in [-0.4, -0.2) is 41.0 Å². The summed E-state index contributed by atoms with van der Waals surface area (Å²) in [6.45, 7) is 3.97. The van der Waals surface area contributed by atoms with E-state index in [4.69, 9.17) is 4.74 Å².